The van der Waals surface area contributed by atoms with Crippen molar-refractivity contribution in [1.82, 2.24) is 20.4 Å². The number of nitrogens with one attached hydrogen (secondary N) is 2. The van der Waals surface area contributed by atoms with E-state index in [1.54, 1.807) is 12.1 Å². The second-order valence-corrected chi connectivity index (χ2v) is 8.78. The molecule has 1 aliphatic carbocycles. The number of halogens is 1. The van der Waals surface area contributed by atoms with Gasteiger partial charge in [-0.05, 0) is 43.5 Å². The molecule has 3 aromatic rings. The van der Waals surface area contributed by atoms with E-state index in [9.17, 15) is 14.0 Å². The van der Waals surface area contributed by atoms with Gasteiger partial charge in [0.05, 0.1) is 17.1 Å². The largest absolute Gasteiger partial charge is 0.353 e. The van der Waals surface area contributed by atoms with E-state index < -0.39 is 0 Å². The average molecular weight is 429 g/mol. The lowest BCUT2D eigenvalue weighted by molar-refractivity contribution is -0.121. The predicted octanol–water partition coefficient (Wildman–Crippen LogP) is 3.77. The third-order valence-electron chi connectivity index (χ3n) is 5.43. The maximum atomic E-state index is 13.1. The van der Waals surface area contributed by atoms with Crippen LogP contribution < -0.4 is 10.6 Å². The number of benzene rings is 1. The summed E-state index contributed by atoms with van der Waals surface area (Å²) in [6.07, 6.45) is 4.73. The van der Waals surface area contributed by atoms with E-state index in [1.807, 2.05) is 17.7 Å². The average Bonchev–Trinajstić information content (AvgIpc) is 3.43. The summed E-state index contributed by atoms with van der Waals surface area (Å²) >= 11 is 1.37. The number of carbonyl (C=O) groups is 2. The molecule has 2 N–H and O–H groups in total. The van der Waals surface area contributed by atoms with Crippen molar-refractivity contribution in [1.29, 1.82) is 0 Å². The fraction of sp³-hybridized carbons (Fsp3) is 0.409. The Morgan fingerprint density at radius 3 is 2.70 bits per heavy atom. The van der Waals surface area contributed by atoms with Gasteiger partial charge in [0.2, 0.25) is 5.91 Å². The molecule has 158 valence electrons. The number of rotatable bonds is 7. The van der Waals surface area contributed by atoms with Gasteiger partial charge in [-0.25, -0.2) is 4.39 Å². The molecule has 0 bridgehead atoms. The van der Waals surface area contributed by atoms with Crippen molar-refractivity contribution < 1.29 is 14.0 Å². The van der Waals surface area contributed by atoms with Gasteiger partial charge in [-0.15, -0.1) is 11.3 Å². The summed E-state index contributed by atoms with van der Waals surface area (Å²) in [6, 6.07) is 8.46. The summed E-state index contributed by atoms with van der Waals surface area (Å²) in [6.45, 7) is 2.73. The van der Waals surface area contributed by atoms with Crippen molar-refractivity contribution in [3.05, 3.63) is 52.3 Å². The first-order chi connectivity index (χ1) is 14.5. The third kappa shape index (κ3) is 4.70. The zero-order chi connectivity index (χ0) is 21.1. The number of aryl methyl sites for hydroxylation is 1. The van der Waals surface area contributed by atoms with Crippen molar-refractivity contribution in [2.75, 3.05) is 6.54 Å². The Kier molecular flexibility index (Phi) is 6.13. The van der Waals surface area contributed by atoms with Crippen LogP contribution >= 0.6 is 11.3 Å². The Bertz CT molecular complexity index is 1050. The normalized spacial score (nSPS) is 14.3. The van der Waals surface area contributed by atoms with Gasteiger partial charge in [0.25, 0.3) is 5.91 Å². The van der Waals surface area contributed by atoms with Crippen LogP contribution in [0.5, 0.6) is 0 Å². The summed E-state index contributed by atoms with van der Waals surface area (Å²) < 4.78 is 15.0. The van der Waals surface area contributed by atoms with Gasteiger partial charge in [-0.3, -0.25) is 14.3 Å². The fourth-order valence-corrected chi connectivity index (χ4v) is 4.92. The topological polar surface area (TPSA) is 76.0 Å². The molecule has 1 aliphatic rings. The Balaban J connectivity index is 1.37. The second kappa shape index (κ2) is 8.95. The second-order valence-electron chi connectivity index (χ2n) is 7.75. The molecular formula is C22H25FN4O2S. The van der Waals surface area contributed by atoms with Gasteiger partial charge in [-0.2, -0.15) is 5.10 Å². The lowest BCUT2D eigenvalue weighted by Crippen LogP contribution is -2.35. The summed E-state index contributed by atoms with van der Waals surface area (Å²) in [5.74, 6) is -0.463. The van der Waals surface area contributed by atoms with E-state index in [-0.39, 0.29) is 24.1 Å². The van der Waals surface area contributed by atoms with Crippen molar-refractivity contribution in [3.63, 3.8) is 0 Å². The first kappa shape index (κ1) is 20.5. The molecule has 0 atom stereocenters. The van der Waals surface area contributed by atoms with E-state index >= 15 is 0 Å². The molecule has 0 aliphatic heterocycles. The quantitative estimate of drug-likeness (QED) is 0.601. The number of thiophene rings is 1. The molecule has 1 aromatic carbocycles. The summed E-state index contributed by atoms with van der Waals surface area (Å²) in [7, 11) is 0. The first-order valence-electron chi connectivity index (χ1n) is 10.3. The molecule has 4 rings (SSSR count). The van der Waals surface area contributed by atoms with Gasteiger partial charge in [0, 0.05) is 24.4 Å². The Labute approximate surface area is 178 Å². The van der Waals surface area contributed by atoms with Crippen LogP contribution in [-0.2, 0) is 11.3 Å². The van der Waals surface area contributed by atoms with Gasteiger partial charge in [0.15, 0.2) is 0 Å². The van der Waals surface area contributed by atoms with Crippen LogP contribution in [-0.4, -0.2) is 34.2 Å². The molecule has 1 fully saturated rings. The zero-order valence-corrected chi connectivity index (χ0v) is 17.7. The number of nitrogens with zero attached hydrogens (tertiary/aromatic N) is 2. The molecule has 2 aromatic heterocycles. The molecule has 8 heteroatoms. The van der Waals surface area contributed by atoms with Crippen molar-refractivity contribution in [2.45, 2.75) is 51.6 Å². The SMILES string of the molecule is Cc1nn(Cc2ccc(F)cc2)c2sc(C(=O)NCCC(=O)NC3CCCC3)cc12. The summed E-state index contributed by atoms with van der Waals surface area (Å²) in [5, 5.41) is 11.4. The molecule has 0 radical (unpaired) electrons. The lowest BCUT2D eigenvalue weighted by atomic mass is 10.2. The number of amides is 2. The highest BCUT2D eigenvalue weighted by molar-refractivity contribution is 7.20. The fourth-order valence-electron chi connectivity index (χ4n) is 3.84. The predicted molar refractivity (Wildman–Crippen MR) is 115 cm³/mol. The minimum absolute atomic E-state index is 0.00988. The number of aromatic nitrogens is 2. The molecule has 30 heavy (non-hydrogen) atoms. The molecule has 2 amide bonds. The van der Waals surface area contributed by atoms with Crippen molar-refractivity contribution in [3.8, 4) is 0 Å². The lowest BCUT2D eigenvalue weighted by Gasteiger charge is -2.11. The smallest absolute Gasteiger partial charge is 0.261 e. The van der Waals surface area contributed by atoms with E-state index in [1.165, 1.54) is 36.3 Å². The molecule has 0 unspecified atom stereocenters. The van der Waals surface area contributed by atoms with Crippen molar-refractivity contribution in [2.24, 2.45) is 0 Å². The number of hydrogen-bond acceptors (Lipinski definition) is 4. The highest BCUT2D eigenvalue weighted by atomic mass is 32.1. The van der Waals surface area contributed by atoms with E-state index in [0.29, 0.717) is 24.0 Å². The van der Waals surface area contributed by atoms with Crippen LogP contribution in [0.3, 0.4) is 0 Å². The molecule has 1 saturated carbocycles. The standard InChI is InChI=1S/C22H25FN4O2S/c1-14-18-12-19(21(29)24-11-10-20(28)25-17-4-2-3-5-17)30-22(18)27(26-14)13-15-6-8-16(23)9-7-15/h6-9,12,17H,2-5,10-11,13H2,1H3,(H,24,29)(H,25,28). The minimum Gasteiger partial charge on any atom is -0.353 e. The molecule has 0 saturated heterocycles. The number of fused-ring (bicyclic) bond motifs is 1. The molecule has 0 spiro atoms. The first-order valence-corrected chi connectivity index (χ1v) is 11.1. The number of carbonyl (C=O) groups excluding carboxylic acids is 2. The van der Waals surface area contributed by atoms with Gasteiger partial charge in [-0.1, -0.05) is 25.0 Å². The highest BCUT2D eigenvalue weighted by Crippen LogP contribution is 2.29. The highest BCUT2D eigenvalue weighted by Gasteiger charge is 2.18. The van der Waals surface area contributed by atoms with Crippen LogP contribution in [0, 0.1) is 12.7 Å². The molecule has 2 heterocycles. The minimum atomic E-state index is -0.271. The monoisotopic (exact) mass is 428 g/mol. The van der Waals surface area contributed by atoms with Crippen LogP contribution in [0.25, 0.3) is 10.2 Å². The van der Waals surface area contributed by atoms with Crippen LogP contribution in [0.4, 0.5) is 4.39 Å². The number of hydrogen-bond donors (Lipinski definition) is 2. The van der Waals surface area contributed by atoms with Gasteiger partial charge >= 0.3 is 0 Å². The van der Waals surface area contributed by atoms with Crippen LogP contribution in [0.2, 0.25) is 0 Å². The van der Waals surface area contributed by atoms with Gasteiger partial charge < -0.3 is 10.6 Å². The van der Waals surface area contributed by atoms with Crippen molar-refractivity contribution >= 4 is 33.4 Å². The third-order valence-corrected chi connectivity index (χ3v) is 6.58. The Morgan fingerprint density at radius 1 is 1.23 bits per heavy atom. The maximum absolute atomic E-state index is 13.1. The van der Waals surface area contributed by atoms with E-state index in [4.69, 9.17) is 0 Å². The Morgan fingerprint density at radius 2 is 1.97 bits per heavy atom. The molecular weight excluding hydrogens is 403 g/mol. The van der Waals surface area contributed by atoms with Crippen LogP contribution in [0.1, 0.15) is 53.0 Å². The van der Waals surface area contributed by atoms with E-state index in [0.717, 1.165) is 34.3 Å². The zero-order valence-electron chi connectivity index (χ0n) is 16.9. The van der Waals surface area contributed by atoms with Crippen LogP contribution in [0.15, 0.2) is 30.3 Å². The molecule has 6 nitrogen and oxygen atoms in total. The Hall–Kier alpha value is -2.74. The summed E-state index contributed by atoms with van der Waals surface area (Å²) in [4.78, 5) is 26.1. The summed E-state index contributed by atoms with van der Waals surface area (Å²) in [5.41, 5.74) is 1.78. The van der Waals surface area contributed by atoms with Gasteiger partial charge in [0.1, 0.15) is 10.6 Å². The maximum Gasteiger partial charge on any atom is 0.261 e. The van der Waals surface area contributed by atoms with E-state index in [2.05, 4.69) is 15.7 Å².